The minimum absolute atomic E-state index is 0.0990. The zero-order valence-electron chi connectivity index (χ0n) is 9.45. The number of phenols is 1. The molecule has 1 aliphatic carbocycles. The predicted octanol–water partition coefficient (Wildman–Crippen LogP) is 3.79. The highest BCUT2D eigenvalue weighted by atomic mass is 35.5. The maximum Gasteiger partial charge on any atom is 0.339 e. The fourth-order valence-electron chi connectivity index (χ4n) is 2.51. The SMILES string of the molecule is O=C(O)c1cc(Cl)cc(C2CCCCC2)c1O. The summed E-state index contributed by atoms with van der Waals surface area (Å²) in [6.07, 6.45) is 5.45. The van der Waals surface area contributed by atoms with Gasteiger partial charge in [0.25, 0.3) is 0 Å². The van der Waals surface area contributed by atoms with Gasteiger partial charge in [0.15, 0.2) is 0 Å². The van der Waals surface area contributed by atoms with E-state index < -0.39 is 5.97 Å². The molecule has 3 nitrogen and oxygen atoms in total. The molecule has 0 amide bonds. The number of carboxylic acids is 1. The lowest BCUT2D eigenvalue weighted by molar-refractivity contribution is 0.0693. The number of hydrogen-bond acceptors (Lipinski definition) is 2. The fraction of sp³-hybridized carbons (Fsp3) is 0.462. The Labute approximate surface area is 105 Å². The molecule has 0 saturated heterocycles. The van der Waals surface area contributed by atoms with Crippen LogP contribution in [0, 0.1) is 0 Å². The van der Waals surface area contributed by atoms with Crippen molar-refractivity contribution in [2.45, 2.75) is 38.0 Å². The van der Waals surface area contributed by atoms with E-state index in [1.54, 1.807) is 6.07 Å². The first kappa shape index (κ1) is 12.2. The van der Waals surface area contributed by atoms with Crippen LogP contribution in [0.25, 0.3) is 0 Å². The summed E-state index contributed by atoms with van der Waals surface area (Å²) in [5, 5.41) is 19.4. The molecule has 0 spiro atoms. The summed E-state index contributed by atoms with van der Waals surface area (Å²) in [6, 6.07) is 2.99. The quantitative estimate of drug-likeness (QED) is 0.844. The smallest absolute Gasteiger partial charge is 0.339 e. The molecule has 0 radical (unpaired) electrons. The van der Waals surface area contributed by atoms with Crippen molar-refractivity contribution in [3.05, 3.63) is 28.3 Å². The number of carboxylic acid groups (broad SMARTS) is 1. The molecule has 17 heavy (non-hydrogen) atoms. The Morgan fingerprint density at radius 3 is 2.47 bits per heavy atom. The number of benzene rings is 1. The first-order valence-electron chi connectivity index (χ1n) is 5.85. The largest absolute Gasteiger partial charge is 0.507 e. The lowest BCUT2D eigenvalue weighted by Gasteiger charge is -2.23. The maximum atomic E-state index is 11.0. The molecule has 92 valence electrons. The van der Waals surface area contributed by atoms with Crippen LogP contribution in [-0.2, 0) is 0 Å². The summed E-state index contributed by atoms with van der Waals surface area (Å²) in [5.41, 5.74) is 0.590. The second kappa shape index (κ2) is 4.96. The van der Waals surface area contributed by atoms with Crippen molar-refractivity contribution in [1.82, 2.24) is 0 Å². The molecule has 1 saturated carbocycles. The summed E-state index contributed by atoms with van der Waals surface area (Å²) in [6.45, 7) is 0. The molecule has 0 bridgehead atoms. The molecule has 0 atom stereocenters. The third kappa shape index (κ3) is 2.55. The fourth-order valence-corrected chi connectivity index (χ4v) is 2.73. The van der Waals surface area contributed by atoms with Crippen molar-refractivity contribution in [2.24, 2.45) is 0 Å². The normalized spacial score (nSPS) is 17.0. The Morgan fingerprint density at radius 2 is 1.88 bits per heavy atom. The highest BCUT2D eigenvalue weighted by Crippen LogP contribution is 2.40. The van der Waals surface area contributed by atoms with Gasteiger partial charge >= 0.3 is 5.97 Å². The second-order valence-corrected chi connectivity index (χ2v) is 4.97. The Bertz CT molecular complexity index is 437. The number of aromatic carboxylic acids is 1. The zero-order chi connectivity index (χ0) is 12.4. The van der Waals surface area contributed by atoms with Crippen molar-refractivity contribution in [3.8, 4) is 5.75 Å². The van der Waals surface area contributed by atoms with Gasteiger partial charge in [0, 0.05) is 5.02 Å². The Morgan fingerprint density at radius 1 is 1.24 bits per heavy atom. The van der Waals surface area contributed by atoms with Gasteiger partial charge in [-0.15, -0.1) is 0 Å². The van der Waals surface area contributed by atoms with Gasteiger partial charge in [-0.1, -0.05) is 30.9 Å². The number of halogens is 1. The van der Waals surface area contributed by atoms with Crippen molar-refractivity contribution in [1.29, 1.82) is 0 Å². The van der Waals surface area contributed by atoms with E-state index in [4.69, 9.17) is 16.7 Å². The Balaban J connectivity index is 2.41. The van der Waals surface area contributed by atoms with Gasteiger partial charge in [-0.25, -0.2) is 4.79 Å². The zero-order valence-corrected chi connectivity index (χ0v) is 10.2. The summed E-state index contributed by atoms with van der Waals surface area (Å²) < 4.78 is 0. The van der Waals surface area contributed by atoms with Crippen molar-refractivity contribution in [3.63, 3.8) is 0 Å². The number of carbonyl (C=O) groups is 1. The van der Waals surface area contributed by atoms with E-state index in [9.17, 15) is 9.90 Å². The topological polar surface area (TPSA) is 57.5 Å². The molecule has 2 rings (SSSR count). The third-order valence-corrected chi connectivity index (χ3v) is 3.60. The van der Waals surface area contributed by atoms with Crippen LogP contribution in [0.2, 0.25) is 5.02 Å². The second-order valence-electron chi connectivity index (χ2n) is 4.53. The van der Waals surface area contributed by atoms with Gasteiger partial charge in [-0.05, 0) is 36.5 Å². The van der Waals surface area contributed by atoms with Crippen molar-refractivity contribution >= 4 is 17.6 Å². The van der Waals surface area contributed by atoms with Gasteiger partial charge in [0.2, 0.25) is 0 Å². The molecular weight excluding hydrogens is 240 g/mol. The average Bonchev–Trinajstić information content (AvgIpc) is 2.32. The number of aromatic hydroxyl groups is 1. The summed E-state index contributed by atoms with van der Waals surface area (Å²) in [7, 11) is 0. The predicted molar refractivity (Wildman–Crippen MR) is 65.9 cm³/mol. The number of rotatable bonds is 2. The van der Waals surface area contributed by atoms with Crippen LogP contribution in [0.4, 0.5) is 0 Å². The molecule has 1 fully saturated rings. The van der Waals surface area contributed by atoms with Gasteiger partial charge in [0.1, 0.15) is 11.3 Å². The summed E-state index contributed by atoms with van der Waals surface area (Å²) in [4.78, 5) is 11.0. The molecule has 1 aromatic carbocycles. The van der Waals surface area contributed by atoms with Crippen molar-refractivity contribution < 1.29 is 15.0 Å². The van der Waals surface area contributed by atoms with E-state index in [1.165, 1.54) is 12.5 Å². The summed E-state index contributed by atoms with van der Waals surface area (Å²) in [5.74, 6) is -1.02. The van der Waals surface area contributed by atoms with Gasteiger partial charge in [-0.2, -0.15) is 0 Å². The molecule has 0 heterocycles. The van der Waals surface area contributed by atoms with Crippen LogP contribution in [0.5, 0.6) is 5.75 Å². The van der Waals surface area contributed by atoms with Crippen LogP contribution < -0.4 is 0 Å². The van der Waals surface area contributed by atoms with Crippen LogP contribution in [0.3, 0.4) is 0 Å². The molecular formula is C13H15ClO3. The lowest BCUT2D eigenvalue weighted by Crippen LogP contribution is -2.07. The Hall–Kier alpha value is -1.22. The number of hydrogen-bond donors (Lipinski definition) is 2. The van der Waals surface area contributed by atoms with Crippen LogP contribution in [0.1, 0.15) is 53.9 Å². The average molecular weight is 255 g/mol. The van der Waals surface area contributed by atoms with E-state index in [0.717, 1.165) is 25.7 Å². The molecule has 0 aliphatic heterocycles. The highest BCUT2D eigenvalue weighted by molar-refractivity contribution is 6.31. The van der Waals surface area contributed by atoms with E-state index in [-0.39, 0.29) is 17.2 Å². The molecule has 2 N–H and O–H groups in total. The van der Waals surface area contributed by atoms with Crippen LogP contribution in [0.15, 0.2) is 12.1 Å². The molecule has 4 heteroatoms. The molecule has 1 aromatic rings. The monoisotopic (exact) mass is 254 g/mol. The molecule has 0 unspecified atom stereocenters. The molecule has 0 aromatic heterocycles. The van der Waals surface area contributed by atoms with Gasteiger partial charge in [0.05, 0.1) is 0 Å². The third-order valence-electron chi connectivity index (χ3n) is 3.38. The minimum Gasteiger partial charge on any atom is -0.507 e. The standard InChI is InChI=1S/C13H15ClO3/c14-9-6-10(8-4-2-1-3-5-8)12(15)11(7-9)13(16)17/h6-8,15H,1-5H2,(H,16,17). The maximum absolute atomic E-state index is 11.0. The first-order valence-corrected chi connectivity index (χ1v) is 6.23. The summed E-state index contributed by atoms with van der Waals surface area (Å²) >= 11 is 5.91. The van der Waals surface area contributed by atoms with E-state index in [0.29, 0.717) is 10.6 Å². The van der Waals surface area contributed by atoms with Gasteiger partial charge in [-0.3, -0.25) is 0 Å². The van der Waals surface area contributed by atoms with Crippen molar-refractivity contribution in [2.75, 3.05) is 0 Å². The highest BCUT2D eigenvalue weighted by Gasteiger charge is 2.23. The molecule has 1 aliphatic rings. The van der Waals surface area contributed by atoms with E-state index >= 15 is 0 Å². The lowest BCUT2D eigenvalue weighted by atomic mass is 9.83. The van der Waals surface area contributed by atoms with Crippen LogP contribution >= 0.6 is 11.6 Å². The van der Waals surface area contributed by atoms with E-state index in [2.05, 4.69) is 0 Å². The van der Waals surface area contributed by atoms with Gasteiger partial charge < -0.3 is 10.2 Å². The van der Waals surface area contributed by atoms with E-state index in [1.807, 2.05) is 0 Å². The first-order chi connectivity index (χ1) is 8.09. The van der Waals surface area contributed by atoms with Crippen LogP contribution in [-0.4, -0.2) is 16.2 Å². The minimum atomic E-state index is -1.14. The Kier molecular flexibility index (Phi) is 3.57.